The van der Waals surface area contributed by atoms with E-state index in [0.29, 0.717) is 38.9 Å². The van der Waals surface area contributed by atoms with Crippen molar-refractivity contribution in [1.29, 1.82) is 0 Å². The topological polar surface area (TPSA) is 44.1 Å². The molecule has 0 saturated carbocycles. The number of ether oxygens (including phenoxy) is 1. The predicted octanol–water partition coefficient (Wildman–Crippen LogP) is 6.50. The third kappa shape index (κ3) is 3.81. The molecule has 4 nitrogen and oxygen atoms in total. The van der Waals surface area contributed by atoms with Gasteiger partial charge in [0.15, 0.2) is 0 Å². The summed E-state index contributed by atoms with van der Waals surface area (Å²) in [6.07, 6.45) is 0. The fourth-order valence-electron chi connectivity index (χ4n) is 3.46. The summed E-state index contributed by atoms with van der Waals surface area (Å²) >= 11 is 5.93. The van der Waals surface area contributed by atoms with E-state index in [4.69, 9.17) is 21.3 Å². The second kappa shape index (κ2) is 8.09. The smallest absolute Gasteiger partial charge is 0.266 e. The van der Waals surface area contributed by atoms with Crippen molar-refractivity contribution < 1.29 is 4.74 Å². The van der Waals surface area contributed by atoms with Gasteiger partial charge in [0.25, 0.3) is 5.56 Å². The largest absolute Gasteiger partial charge is 0.457 e. The molecular weight excluding hydrogens is 408 g/mol. The van der Waals surface area contributed by atoms with Crippen molar-refractivity contribution in [3.63, 3.8) is 0 Å². The van der Waals surface area contributed by atoms with Gasteiger partial charge in [-0.25, -0.2) is 4.98 Å². The summed E-state index contributed by atoms with van der Waals surface area (Å²) in [5.41, 5.74) is 2.14. The number of hydrogen-bond donors (Lipinski definition) is 0. The monoisotopic (exact) mass is 424 g/mol. The van der Waals surface area contributed by atoms with Gasteiger partial charge in [0.1, 0.15) is 17.3 Å². The predicted molar refractivity (Wildman–Crippen MR) is 124 cm³/mol. The van der Waals surface area contributed by atoms with E-state index in [1.165, 1.54) is 0 Å². The average molecular weight is 425 g/mol. The van der Waals surface area contributed by atoms with Crippen molar-refractivity contribution in [2.45, 2.75) is 0 Å². The molecule has 0 radical (unpaired) electrons. The Morgan fingerprint density at radius 1 is 0.710 bits per heavy atom. The zero-order chi connectivity index (χ0) is 21.2. The van der Waals surface area contributed by atoms with E-state index in [1.54, 1.807) is 22.8 Å². The minimum Gasteiger partial charge on any atom is -0.457 e. The van der Waals surface area contributed by atoms with Crippen LogP contribution in [0.1, 0.15) is 0 Å². The van der Waals surface area contributed by atoms with Crippen LogP contribution in [0.25, 0.3) is 28.0 Å². The third-order valence-electron chi connectivity index (χ3n) is 4.95. The second-order valence-electron chi connectivity index (χ2n) is 7.01. The summed E-state index contributed by atoms with van der Waals surface area (Å²) in [4.78, 5) is 18.2. The summed E-state index contributed by atoms with van der Waals surface area (Å²) in [6.45, 7) is 0. The van der Waals surface area contributed by atoms with Crippen molar-refractivity contribution in [3.8, 4) is 28.6 Å². The van der Waals surface area contributed by atoms with Gasteiger partial charge in [0.2, 0.25) is 0 Å². The van der Waals surface area contributed by atoms with Gasteiger partial charge in [-0.3, -0.25) is 9.36 Å². The van der Waals surface area contributed by atoms with E-state index >= 15 is 0 Å². The molecule has 150 valence electrons. The molecule has 0 N–H and O–H groups in total. The Labute approximate surface area is 184 Å². The molecule has 0 aliphatic heterocycles. The van der Waals surface area contributed by atoms with Crippen LogP contribution in [0.2, 0.25) is 5.02 Å². The second-order valence-corrected chi connectivity index (χ2v) is 7.45. The first-order valence-corrected chi connectivity index (χ1v) is 10.2. The van der Waals surface area contributed by atoms with Crippen LogP contribution in [0, 0.1) is 0 Å². The van der Waals surface area contributed by atoms with Crippen molar-refractivity contribution in [2.75, 3.05) is 0 Å². The van der Waals surface area contributed by atoms with Gasteiger partial charge in [-0.1, -0.05) is 54.1 Å². The maximum atomic E-state index is 13.4. The number of rotatable bonds is 4. The van der Waals surface area contributed by atoms with Crippen LogP contribution in [-0.2, 0) is 0 Å². The fraction of sp³-hybridized carbons (Fsp3) is 0. The molecule has 0 unspecified atom stereocenters. The lowest BCUT2D eigenvalue weighted by molar-refractivity contribution is 0.482. The lowest BCUT2D eigenvalue weighted by Crippen LogP contribution is -2.21. The molecule has 4 aromatic carbocycles. The number of benzene rings is 4. The number of halogens is 1. The quantitative estimate of drug-likeness (QED) is 0.331. The van der Waals surface area contributed by atoms with Gasteiger partial charge in [-0.2, -0.15) is 0 Å². The molecule has 0 atom stereocenters. The van der Waals surface area contributed by atoms with Crippen LogP contribution in [0.4, 0.5) is 0 Å². The van der Waals surface area contributed by atoms with Gasteiger partial charge < -0.3 is 4.74 Å². The van der Waals surface area contributed by atoms with Crippen LogP contribution in [0.5, 0.6) is 11.5 Å². The Balaban J connectivity index is 1.61. The molecule has 1 aromatic heterocycles. The lowest BCUT2D eigenvalue weighted by Gasteiger charge is -2.14. The first-order valence-electron chi connectivity index (χ1n) is 9.80. The minimum absolute atomic E-state index is 0.115. The summed E-state index contributed by atoms with van der Waals surface area (Å²) in [5.74, 6) is 1.94. The normalized spacial score (nSPS) is 10.9. The molecule has 1 heterocycles. The van der Waals surface area contributed by atoms with E-state index in [-0.39, 0.29) is 5.56 Å². The first-order chi connectivity index (χ1) is 15.2. The summed E-state index contributed by atoms with van der Waals surface area (Å²) in [7, 11) is 0. The Morgan fingerprint density at radius 3 is 2.03 bits per heavy atom. The Bertz CT molecular complexity index is 1410. The van der Waals surface area contributed by atoms with Gasteiger partial charge in [0, 0.05) is 10.6 Å². The lowest BCUT2D eigenvalue weighted by atomic mass is 10.1. The van der Waals surface area contributed by atoms with Crippen molar-refractivity contribution in [3.05, 3.63) is 119 Å². The number of nitrogens with zero attached hydrogens (tertiary/aromatic N) is 2. The van der Waals surface area contributed by atoms with E-state index in [9.17, 15) is 4.79 Å². The van der Waals surface area contributed by atoms with Gasteiger partial charge in [0.05, 0.1) is 16.6 Å². The zero-order valence-electron chi connectivity index (χ0n) is 16.4. The first kappa shape index (κ1) is 19.1. The third-order valence-corrected chi connectivity index (χ3v) is 5.20. The fourth-order valence-corrected chi connectivity index (χ4v) is 3.58. The number of hydrogen-bond acceptors (Lipinski definition) is 3. The highest BCUT2D eigenvalue weighted by atomic mass is 35.5. The van der Waals surface area contributed by atoms with Crippen LogP contribution < -0.4 is 10.3 Å². The summed E-state index contributed by atoms with van der Waals surface area (Å²) in [6, 6.07) is 31.6. The molecule has 5 aromatic rings. The average Bonchev–Trinajstić information content (AvgIpc) is 2.82. The van der Waals surface area contributed by atoms with E-state index in [0.717, 1.165) is 5.56 Å². The van der Waals surface area contributed by atoms with Gasteiger partial charge in [-0.05, 0) is 60.7 Å². The van der Waals surface area contributed by atoms with Crippen LogP contribution in [0.15, 0.2) is 108 Å². The minimum atomic E-state index is -0.115. The van der Waals surface area contributed by atoms with Crippen molar-refractivity contribution in [2.24, 2.45) is 0 Å². The highest BCUT2D eigenvalue weighted by Crippen LogP contribution is 2.26. The standard InChI is InChI=1S/C26H17ClN2O2/c27-19-10-14-21(15-11-19)31-22-16-12-20(13-17-22)29-25(18-6-2-1-3-7-18)28-24-9-5-4-8-23(24)26(29)30/h1-17H. The summed E-state index contributed by atoms with van der Waals surface area (Å²) in [5, 5.41) is 1.22. The van der Waals surface area contributed by atoms with E-state index in [2.05, 4.69) is 0 Å². The SMILES string of the molecule is O=c1c2ccccc2nc(-c2ccccc2)n1-c1ccc(Oc2ccc(Cl)cc2)cc1. The van der Waals surface area contributed by atoms with Crippen LogP contribution in [-0.4, -0.2) is 9.55 Å². The highest BCUT2D eigenvalue weighted by Gasteiger charge is 2.14. The molecule has 0 saturated heterocycles. The molecule has 0 aliphatic carbocycles. The number of aromatic nitrogens is 2. The van der Waals surface area contributed by atoms with E-state index < -0.39 is 0 Å². The van der Waals surface area contributed by atoms with Gasteiger partial charge in [-0.15, -0.1) is 0 Å². The van der Waals surface area contributed by atoms with Crippen molar-refractivity contribution in [1.82, 2.24) is 9.55 Å². The molecular formula is C26H17ClN2O2. The maximum Gasteiger partial charge on any atom is 0.266 e. The molecule has 5 heteroatoms. The summed E-state index contributed by atoms with van der Waals surface area (Å²) < 4.78 is 7.52. The Morgan fingerprint density at radius 2 is 1.32 bits per heavy atom. The number of fused-ring (bicyclic) bond motifs is 1. The van der Waals surface area contributed by atoms with E-state index in [1.807, 2.05) is 84.9 Å². The van der Waals surface area contributed by atoms with Gasteiger partial charge >= 0.3 is 0 Å². The Hall–Kier alpha value is -3.89. The molecule has 31 heavy (non-hydrogen) atoms. The van der Waals surface area contributed by atoms with Crippen LogP contribution in [0.3, 0.4) is 0 Å². The highest BCUT2D eigenvalue weighted by molar-refractivity contribution is 6.30. The number of para-hydroxylation sites is 1. The Kier molecular flexibility index (Phi) is 4.98. The maximum absolute atomic E-state index is 13.4. The molecule has 0 amide bonds. The zero-order valence-corrected chi connectivity index (χ0v) is 17.2. The molecule has 0 spiro atoms. The van der Waals surface area contributed by atoms with Crippen molar-refractivity contribution >= 4 is 22.5 Å². The molecule has 5 rings (SSSR count). The molecule has 0 fully saturated rings. The molecule has 0 aliphatic rings. The van der Waals surface area contributed by atoms with Crippen LogP contribution >= 0.6 is 11.6 Å². The molecule has 0 bridgehead atoms.